The van der Waals surface area contributed by atoms with Crippen LogP contribution in [-0.2, 0) is 16.2 Å². The summed E-state index contributed by atoms with van der Waals surface area (Å²) in [4.78, 5) is -0.395. The molecule has 102 valence electrons. The molecule has 0 unspecified atom stereocenters. The van der Waals surface area contributed by atoms with Gasteiger partial charge in [-0.3, -0.25) is 0 Å². The van der Waals surface area contributed by atoms with E-state index in [4.69, 9.17) is 0 Å². The Kier molecular flexibility index (Phi) is 4.71. The van der Waals surface area contributed by atoms with Crippen molar-refractivity contribution in [3.63, 3.8) is 0 Å². The zero-order valence-corrected chi connectivity index (χ0v) is 10.4. The van der Waals surface area contributed by atoms with E-state index in [0.29, 0.717) is 12.6 Å². The van der Waals surface area contributed by atoms with Gasteiger partial charge in [0.25, 0.3) is 0 Å². The van der Waals surface area contributed by atoms with Gasteiger partial charge < -0.3 is 5.32 Å². The first-order valence-corrected chi connectivity index (χ1v) is 6.57. The number of rotatable bonds is 5. The maximum absolute atomic E-state index is 12.4. The first-order chi connectivity index (χ1) is 8.27. The lowest BCUT2D eigenvalue weighted by molar-refractivity contribution is -0.137. The Bertz CT molecular complexity index is 500. The van der Waals surface area contributed by atoms with Gasteiger partial charge in [0.2, 0.25) is 10.0 Å². The third kappa shape index (κ3) is 3.97. The Morgan fingerprint density at radius 3 is 2.44 bits per heavy atom. The molecule has 2 N–H and O–H groups in total. The van der Waals surface area contributed by atoms with E-state index < -0.39 is 26.7 Å². The van der Waals surface area contributed by atoms with Gasteiger partial charge in [0, 0.05) is 13.1 Å². The van der Waals surface area contributed by atoms with Gasteiger partial charge >= 0.3 is 6.18 Å². The second kappa shape index (κ2) is 5.68. The molecule has 8 heteroatoms. The van der Waals surface area contributed by atoms with Crippen molar-refractivity contribution >= 4 is 10.0 Å². The Balaban J connectivity index is 2.96. The van der Waals surface area contributed by atoms with E-state index >= 15 is 0 Å². The van der Waals surface area contributed by atoms with Crippen molar-refractivity contribution in [2.24, 2.45) is 0 Å². The van der Waals surface area contributed by atoms with Gasteiger partial charge in [-0.1, -0.05) is 6.07 Å². The molecule has 0 atom stereocenters. The average molecular weight is 282 g/mol. The van der Waals surface area contributed by atoms with E-state index in [-0.39, 0.29) is 6.54 Å². The summed E-state index contributed by atoms with van der Waals surface area (Å²) in [6, 6.07) is 3.63. The summed E-state index contributed by atoms with van der Waals surface area (Å²) in [6.07, 6.45) is -4.56. The van der Waals surface area contributed by atoms with Crippen molar-refractivity contribution < 1.29 is 21.6 Å². The highest BCUT2D eigenvalue weighted by Crippen LogP contribution is 2.30. The number of nitrogens with one attached hydrogen (secondary N) is 2. The van der Waals surface area contributed by atoms with Crippen LogP contribution in [0, 0.1) is 0 Å². The van der Waals surface area contributed by atoms with Gasteiger partial charge in [0.05, 0.1) is 10.5 Å². The van der Waals surface area contributed by atoms with Gasteiger partial charge in [-0.25, -0.2) is 13.1 Å². The minimum Gasteiger partial charge on any atom is -0.318 e. The van der Waals surface area contributed by atoms with Gasteiger partial charge in [-0.2, -0.15) is 13.2 Å². The Labute approximate surface area is 103 Å². The monoisotopic (exact) mass is 282 g/mol. The molecular weight excluding hydrogens is 269 g/mol. The quantitative estimate of drug-likeness (QED) is 0.798. The molecule has 1 rings (SSSR count). The summed E-state index contributed by atoms with van der Waals surface area (Å²) in [5.41, 5.74) is -0.987. The fourth-order valence-electron chi connectivity index (χ4n) is 1.23. The lowest BCUT2D eigenvalue weighted by Crippen LogP contribution is -2.30. The predicted molar refractivity (Wildman–Crippen MR) is 60.6 cm³/mol. The predicted octanol–water partition coefficient (Wildman–Crippen LogP) is 1.20. The maximum atomic E-state index is 12.4. The molecule has 0 aliphatic rings. The molecule has 18 heavy (non-hydrogen) atoms. The Hall–Kier alpha value is -1.12. The van der Waals surface area contributed by atoms with E-state index in [1.54, 1.807) is 7.05 Å². The lowest BCUT2D eigenvalue weighted by atomic mass is 10.2. The molecule has 0 aromatic heterocycles. The Morgan fingerprint density at radius 1 is 1.22 bits per heavy atom. The zero-order chi connectivity index (χ0) is 13.8. The lowest BCUT2D eigenvalue weighted by Gasteiger charge is -2.10. The van der Waals surface area contributed by atoms with Crippen LogP contribution in [0.2, 0.25) is 0 Å². The molecule has 0 aliphatic heterocycles. The highest BCUT2D eigenvalue weighted by molar-refractivity contribution is 7.89. The van der Waals surface area contributed by atoms with Crippen molar-refractivity contribution in [1.29, 1.82) is 0 Å². The molecule has 0 saturated heterocycles. The van der Waals surface area contributed by atoms with Crippen LogP contribution < -0.4 is 10.0 Å². The third-order valence-corrected chi connectivity index (χ3v) is 3.60. The average Bonchev–Trinajstić information content (AvgIpc) is 2.28. The first kappa shape index (κ1) is 14.9. The standard InChI is InChI=1S/C10H13F3N2O2S/c1-14-5-6-15-18(16,17)9-4-2-3-8(7-9)10(11,12)13/h2-4,7,14-15H,5-6H2,1H3. The van der Waals surface area contributed by atoms with E-state index in [1.165, 1.54) is 0 Å². The van der Waals surface area contributed by atoms with E-state index in [0.717, 1.165) is 18.2 Å². The van der Waals surface area contributed by atoms with Crippen molar-refractivity contribution in [3.05, 3.63) is 29.8 Å². The zero-order valence-electron chi connectivity index (χ0n) is 9.58. The second-order valence-electron chi connectivity index (χ2n) is 3.53. The normalized spacial score (nSPS) is 12.7. The van der Waals surface area contributed by atoms with Gasteiger partial charge in [0.1, 0.15) is 0 Å². The van der Waals surface area contributed by atoms with Crippen LogP contribution in [-0.4, -0.2) is 28.6 Å². The maximum Gasteiger partial charge on any atom is 0.416 e. The highest BCUT2D eigenvalue weighted by atomic mass is 32.2. The second-order valence-corrected chi connectivity index (χ2v) is 5.29. The number of sulfonamides is 1. The molecule has 0 aliphatic carbocycles. The van der Waals surface area contributed by atoms with Gasteiger partial charge in [0.15, 0.2) is 0 Å². The summed E-state index contributed by atoms with van der Waals surface area (Å²) in [5, 5.41) is 2.72. The van der Waals surface area contributed by atoms with Crippen LogP contribution in [0.1, 0.15) is 5.56 Å². The topological polar surface area (TPSA) is 58.2 Å². The number of hydrogen-bond donors (Lipinski definition) is 2. The fraction of sp³-hybridized carbons (Fsp3) is 0.400. The molecule has 1 aromatic rings. The van der Waals surface area contributed by atoms with E-state index in [1.807, 2.05) is 0 Å². The largest absolute Gasteiger partial charge is 0.416 e. The molecule has 0 spiro atoms. The van der Waals surface area contributed by atoms with Crippen molar-refractivity contribution in [2.45, 2.75) is 11.1 Å². The summed E-state index contributed by atoms with van der Waals surface area (Å²) >= 11 is 0. The fourth-order valence-corrected chi connectivity index (χ4v) is 2.31. The summed E-state index contributed by atoms with van der Waals surface area (Å²) in [6.45, 7) is 0.493. The molecule has 1 aromatic carbocycles. The van der Waals surface area contributed by atoms with Gasteiger partial charge in [-0.05, 0) is 25.2 Å². The third-order valence-electron chi connectivity index (χ3n) is 2.14. The minimum atomic E-state index is -4.56. The highest BCUT2D eigenvalue weighted by Gasteiger charge is 2.31. The van der Waals surface area contributed by atoms with Crippen LogP contribution in [0.25, 0.3) is 0 Å². The van der Waals surface area contributed by atoms with Crippen LogP contribution in [0.5, 0.6) is 0 Å². The van der Waals surface area contributed by atoms with Crippen LogP contribution >= 0.6 is 0 Å². The molecule has 0 bridgehead atoms. The molecule has 4 nitrogen and oxygen atoms in total. The summed E-state index contributed by atoms with van der Waals surface area (Å²) < 4.78 is 62.9. The number of likely N-dealkylation sites (N-methyl/N-ethyl adjacent to an activating group) is 1. The molecular formula is C10H13F3N2O2S. The van der Waals surface area contributed by atoms with Crippen LogP contribution in [0.3, 0.4) is 0 Å². The molecule has 0 fully saturated rings. The van der Waals surface area contributed by atoms with Crippen molar-refractivity contribution in [1.82, 2.24) is 10.0 Å². The first-order valence-electron chi connectivity index (χ1n) is 5.09. The van der Waals surface area contributed by atoms with E-state index in [2.05, 4.69) is 10.0 Å². The van der Waals surface area contributed by atoms with Crippen molar-refractivity contribution in [2.75, 3.05) is 20.1 Å². The minimum absolute atomic E-state index is 0.106. The molecule has 0 amide bonds. The number of benzene rings is 1. The van der Waals surface area contributed by atoms with Crippen LogP contribution in [0.4, 0.5) is 13.2 Å². The number of hydrogen-bond acceptors (Lipinski definition) is 3. The summed E-state index contributed by atoms with van der Waals surface area (Å²) in [5.74, 6) is 0. The number of halogens is 3. The van der Waals surface area contributed by atoms with Crippen molar-refractivity contribution in [3.8, 4) is 0 Å². The smallest absolute Gasteiger partial charge is 0.318 e. The molecule has 0 radical (unpaired) electrons. The molecule has 0 saturated carbocycles. The molecule has 0 heterocycles. The summed E-state index contributed by atoms with van der Waals surface area (Å²) in [7, 11) is -2.27. The number of alkyl halides is 3. The SMILES string of the molecule is CNCCNS(=O)(=O)c1cccc(C(F)(F)F)c1. The van der Waals surface area contributed by atoms with E-state index in [9.17, 15) is 21.6 Å². The van der Waals surface area contributed by atoms with Crippen LogP contribution in [0.15, 0.2) is 29.2 Å². The van der Waals surface area contributed by atoms with Gasteiger partial charge in [-0.15, -0.1) is 0 Å². The Morgan fingerprint density at radius 2 is 1.89 bits per heavy atom.